The fourth-order valence-electron chi connectivity index (χ4n) is 3.35. The van der Waals surface area contributed by atoms with Crippen LogP contribution in [0.2, 0.25) is 0 Å². The van der Waals surface area contributed by atoms with Crippen LogP contribution in [0, 0.1) is 13.8 Å². The minimum absolute atomic E-state index is 0. The van der Waals surface area contributed by atoms with Crippen LogP contribution in [0.25, 0.3) is 5.69 Å². The lowest BCUT2D eigenvalue weighted by Crippen LogP contribution is -2.41. The Kier molecular flexibility index (Phi) is 8.91. The number of para-hydroxylation sites is 1. The highest BCUT2D eigenvalue weighted by molar-refractivity contribution is 14.0. The first-order valence-corrected chi connectivity index (χ1v) is 9.75. The van der Waals surface area contributed by atoms with E-state index in [1.54, 1.807) is 13.3 Å². The quantitative estimate of drug-likeness (QED) is 0.282. The average molecular weight is 522 g/mol. The number of furan rings is 1. The highest BCUT2D eigenvalue weighted by Crippen LogP contribution is 2.18. The van der Waals surface area contributed by atoms with Gasteiger partial charge in [0.15, 0.2) is 5.96 Å². The molecule has 3 aromatic rings. The highest BCUT2D eigenvalue weighted by Gasteiger charge is 2.17. The second-order valence-corrected chi connectivity index (χ2v) is 7.27. The third kappa shape index (κ3) is 5.85. The fourth-order valence-corrected chi connectivity index (χ4v) is 3.35. The van der Waals surface area contributed by atoms with Gasteiger partial charge < -0.3 is 15.1 Å². The van der Waals surface area contributed by atoms with Gasteiger partial charge in [-0.25, -0.2) is 4.68 Å². The van der Waals surface area contributed by atoms with Gasteiger partial charge in [0, 0.05) is 25.8 Å². The molecule has 3 rings (SSSR count). The Morgan fingerprint density at radius 2 is 1.93 bits per heavy atom. The molecule has 0 aliphatic rings. The Hall–Kier alpha value is -2.33. The van der Waals surface area contributed by atoms with Crippen LogP contribution in [0.4, 0.5) is 0 Å². The Balaban J connectivity index is 0.00000320. The summed E-state index contributed by atoms with van der Waals surface area (Å²) in [7, 11) is 5.85. The topological polar surface area (TPSA) is 70.6 Å². The Morgan fingerprint density at radius 1 is 1.17 bits per heavy atom. The molecule has 0 fully saturated rings. The van der Waals surface area contributed by atoms with Gasteiger partial charge in [-0.3, -0.25) is 9.89 Å². The summed E-state index contributed by atoms with van der Waals surface area (Å²) in [5, 5.41) is 11.4. The third-order valence-electron chi connectivity index (χ3n) is 4.86. The van der Waals surface area contributed by atoms with Gasteiger partial charge in [0.1, 0.15) is 5.76 Å². The first-order valence-electron chi connectivity index (χ1n) is 9.75. The fraction of sp³-hybridized carbons (Fsp3) is 0.364. The van der Waals surface area contributed by atoms with E-state index in [9.17, 15) is 0 Å². The molecule has 0 aliphatic heterocycles. The van der Waals surface area contributed by atoms with Crippen molar-refractivity contribution >= 4 is 29.9 Å². The lowest BCUT2D eigenvalue weighted by atomic mass is 10.1. The number of hydrogen-bond donors (Lipinski definition) is 2. The number of benzene rings is 1. The van der Waals surface area contributed by atoms with Crippen LogP contribution in [0.3, 0.4) is 0 Å². The molecule has 0 spiro atoms. The minimum atomic E-state index is 0. The van der Waals surface area contributed by atoms with Crippen molar-refractivity contribution in [1.82, 2.24) is 25.3 Å². The van der Waals surface area contributed by atoms with E-state index in [0.717, 1.165) is 34.4 Å². The molecule has 30 heavy (non-hydrogen) atoms. The van der Waals surface area contributed by atoms with Gasteiger partial charge in [0.2, 0.25) is 0 Å². The molecule has 0 radical (unpaired) electrons. The van der Waals surface area contributed by atoms with E-state index >= 15 is 0 Å². The second-order valence-electron chi connectivity index (χ2n) is 7.27. The van der Waals surface area contributed by atoms with Crippen LogP contribution in [0.1, 0.15) is 28.8 Å². The van der Waals surface area contributed by atoms with Crippen molar-refractivity contribution in [3.8, 4) is 5.69 Å². The summed E-state index contributed by atoms with van der Waals surface area (Å²) in [5.74, 6) is 1.67. The zero-order valence-corrected chi connectivity index (χ0v) is 20.5. The maximum Gasteiger partial charge on any atom is 0.191 e. The maximum atomic E-state index is 5.58. The number of rotatable bonds is 7. The zero-order chi connectivity index (χ0) is 20.8. The Labute approximate surface area is 195 Å². The van der Waals surface area contributed by atoms with Crippen molar-refractivity contribution in [3.05, 3.63) is 71.4 Å². The summed E-state index contributed by atoms with van der Waals surface area (Å²) >= 11 is 0. The molecular formula is C22H31IN6O. The second kappa shape index (κ2) is 11.2. The molecule has 0 saturated carbocycles. The molecule has 8 heteroatoms. The molecule has 0 aliphatic carbocycles. The number of halogens is 1. The summed E-state index contributed by atoms with van der Waals surface area (Å²) in [6.45, 7) is 5.40. The minimum Gasteiger partial charge on any atom is -0.468 e. The molecule has 2 N–H and O–H groups in total. The van der Waals surface area contributed by atoms with Crippen molar-refractivity contribution in [2.45, 2.75) is 26.4 Å². The molecule has 7 nitrogen and oxygen atoms in total. The molecule has 0 bridgehead atoms. The number of aliphatic imine (C=N–C) groups is 1. The Bertz CT molecular complexity index is 948. The van der Waals surface area contributed by atoms with Crippen LogP contribution >= 0.6 is 24.0 Å². The van der Waals surface area contributed by atoms with Gasteiger partial charge in [-0.05, 0) is 57.8 Å². The van der Waals surface area contributed by atoms with Gasteiger partial charge >= 0.3 is 0 Å². The molecule has 1 atom stereocenters. The first-order chi connectivity index (χ1) is 14.0. The van der Waals surface area contributed by atoms with Gasteiger partial charge in [-0.2, -0.15) is 5.10 Å². The molecule has 2 aromatic heterocycles. The largest absolute Gasteiger partial charge is 0.468 e. The van der Waals surface area contributed by atoms with E-state index in [2.05, 4.69) is 50.7 Å². The summed E-state index contributed by atoms with van der Waals surface area (Å²) in [6, 6.07) is 14.4. The van der Waals surface area contributed by atoms with Gasteiger partial charge in [0.25, 0.3) is 0 Å². The summed E-state index contributed by atoms with van der Waals surface area (Å²) in [4.78, 5) is 6.48. The molecule has 0 saturated heterocycles. The molecule has 1 unspecified atom stereocenters. The zero-order valence-electron chi connectivity index (χ0n) is 18.2. The molecule has 1 aromatic carbocycles. The first kappa shape index (κ1) is 23.9. The van der Waals surface area contributed by atoms with Crippen LogP contribution in [0.15, 0.2) is 58.1 Å². The molecule has 162 valence electrons. The number of nitrogens with zero attached hydrogens (tertiary/aromatic N) is 4. The van der Waals surface area contributed by atoms with E-state index in [1.807, 2.05) is 50.0 Å². The van der Waals surface area contributed by atoms with Crippen molar-refractivity contribution in [2.24, 2.45) is 4.99 Å². The maximum absolute atomic E-state index is 5.58. The average Bonchev–Trinajstić information content (AvgIpc) is 3.34. The predicted octanol–water partition coefficient (Wildman–Crippen LogP) is 3.67. The number of aryl methyl sites for hydroxylation is 2. The van der Waals surface area contributed by atoms with Crippen LogP contribution in [-0.2, 0) is 6.54 Å². The molecule has 0 amide bonds. The van der Waals surface area contributed by atoms with Gasteiger partial charge in [-0.15, -0.1) is 24.0 Å². The Morgan fingerprint density at radius 3 is 2.53 bits per heavy atom. The summed E-state index contributed by atoms with van der Waals surface area (Å²) in [5.41, 5.74) is 4.35. The van der Waals surface area contributed by atoms with E-state index in [1.165, 1.54) is 0 Å². The SMILES string of the molecule is CN=C(NCc1ccccc1-n1nc(C)cc1C)NCC(c1ccco1)N(C)C.I. The summed E-state index contributed by atoms with van der Waals surface area (Å²) in [6.07, 6.45) is 1.70. The number of aromatic nitrogens is 2. The number of nitrogens with one attached hydrogen (secondary N) is 2. The van der Waals surface area contributed by atoms with Crippen molar-refractivity contribution in [3.63, 3.8) is 0 Å². The van der Waals surface area contributed by atoms with E-state index in [-0.39, 0.29) is 30.0 Å². The predicted molar refractivity (Wildman–Crippen MR) is 132 cm³/mol. The van der Waals surface area contributed by atoms with Crippen molar-refractivity contribution in [2.75, 3.05) is 27.7 Å². The van der Waals surface area contributed by atoms with Gasteiger partial charge in [0.05, 0.1) is 23.7 Å². The standard InChI is InChI=1S/C22H30N6O.HI/c1-16-13-17(2)28(26-16)19-10-7-6-9-18(19)14-24-22(23-3)25-15-20(27(4)5)21-11-8-12-29-21;/h6-13,20H,14-15H2,1-5H3,(H2,23,24,25);1H. The van der Waals surface area contributed by atoms with Crippen LogP contribution < -0.4 is 10.6 Å². The number of likely N-dealkylation sites (N-methyl/N-ethyl adjacent to an activating group) is 1. The lowest BCUT2D eigenvalue weighted by Gasteiger charge is -2.24. The normalized spacial score (nSPS) is 12.5. The smallest absolute Gasteiger partial charge is 0.191 e. The van der Waals surface area contributed by atoms with Gasteiger partial charge in [-0.1, -0.05) is 18.2 Å². The molecule has 2 heterocycles. The van der Waals surface area contributed by atoms with Crippen molar-refractivity contribution in [1.29, 1.82) is 0 Å². The molecular weight excluding hydrogens is 491 g/mol. The van der Waals surface area contributed by atoms with Crippen LogP contribution in [-0.4, -0.2) is 48.3 Å². The number of guanidine groups is 1. The number of hydrogen-bond acceptors (Lipinski definition) is 4. The monoisotopic (exact) mass is 522 g/mol. The summed E-state index contributed by atoms with van der Waals surface area (Å²) < 4.78 is 7.57. The highest BCUT2D eigenvalue weighted by atomic mass is 127. The lowest BCUT2D eigenvalue weighted by molar-refractivity contribution is 0.258. The third-order valence-corrected chi connectivity index (χ3v) is 4.86. The van der Waals surface area contributed by atoms with E-state index in [0.29, 0.717) is 13.1 Å². The van der Waals surface area contributed by atoms with Crippen LogP contribution in [0.5, 0.6) is 0 Å². The van der Waals surface area contributed by atoms with E-state index in [4.69, 9.17) is 4.42 Å². The van der Waals surface area contributed by atoms with Crippen molar-refractivity contribution < 1.29 is 4.42 Å². The van der Waals surface area contributed by atoms with E-state index < -0.39 is 0 Å².